The molecule has 8 heteroatoms. The monoisotopic (exact) mass is 364 g/mol. The first-order valence-electron chi connectivity index (χ1n) is 8.06. The minimum absolute atomic E-state index is 0.0893. The predicted octanol–water partition coefficient (Wildman–Crippen LogP) is 2.07. The van der Waals surface area contributed by atoms with Gasteiger partial charge in [-0.05, 0) is 50.1 Å². The van der Waals surface area contributed by atoms with Crippen molar-refractivity contribution in [3.05, 3.63) is 41.7 Å². The van der Waals surface area contributed by atoms with Gasteiger partial charge in [0.2, 0.25) is 15.9 Å². The topological polar surface area (TPSA) is 93.1 Å². The lowest BCUT2D eigenvalue weighted by atomic mass is 10.2. The Bertz CT molecular complexity index is 841. The van der Waals surface area contributed by atoms with Crippen molar-refractivity contribution in [2.24, 2.45) is 5.92 Å². The predicted molar refractivity (Wildman–Crippen MR) is 96.8 cm³/mol. The van der Waals surface area contributed by atoms with Crippen LogP contribution in [0.15, 0.2) is 35.2 Å². The molecule has 2 rings (SSSR count). The van der Waals surface area contributed by atoms with Crippen molar-refractivity contribution < 1.29 is 13.2 Å². The number of carbonyl (C=O) groups is 1. The normalized spacial score (nSPS) is 12.8. The van der Waals surface area contributed by atoms with Crippen LogP contribution in [0.4, 0.5) is 5.69 Å². The number of hydrogen-bond donors (Lipinski definition) is 2. The number of nitrogens with zero attached hydrogens (tertiary/aromatic N) is 2. The van der Waals surface area contributed by atoms with E-state index in [4.69, 9.17) is 0 Å². The minimum atomic E-state index is -3.59. The fourth-order valence-corrected chi connectivity index (χ4v) is 3.64. The maximum Gasteiger partial charge on any atom is 0.240 e. The van der Waals surface area contributed by atoms with E-state index < -0.39 is 10.0 Å². The summed E-state index contributed by atoms with van der Waals surface area (Å²) in [5.41, 5.74) is 2.56. The molecule has 0 radical (unpaired) electrons. The van der Waals surface area contributed by atoms with Gasteiger partial charge in [-0.1, -0.05) is 6.92 Å². The number of carbonyl (C=O) groups excluding carboxylic acids is 1. The third-order valence-corrected chi connectivity index (χ3v) is 5.13. The molecule has 2 N–H and O–H groups in total. The number of sulfonamides is 1. The SMILES string of the molecule is CC(=O)Nc1ccc(S(=O)(=O)NCC(C)Cn2nc(C)cc2C)cc1. The first-order chi connectivity index (χ1) is 11.7. The Hall–Kier alpha value is -2.19. The molecule has 0 aliphatic rings. The van der Waals surface area contributed by atoms with E-state index in [1.807, 2.05) is 31.5 Å². The molecule has 1 amide bonds. The second-order valence-corrected chi connectivity index (χ2v) is 8.04. The quantitative estimate of drug-likeness (QED) is 0.786. The van der Waals surface area contributed by atoms with Crippen molar-refractivity contribution in [1.82, 2.24) is 14.5 Å². The lowest BCUT2D eigenvalue weighted by molar-refractivity contribution is -0.114. The Morgan fingerprint density at radius 2 is 1.88 bits per heavy atom. The van der Waals surface area contributed by atoms with Crippen LogP contribution in [0.3, 0.4) is 0 Å². The van der Waals surface area contributed by atoms with E-state index in [2.05, 4.69) is 15.1 Å². The van der Waals surface area contributed by atoms with Crippen LogP contribution in [0, 0.1) is 19.8 Å². The maximum absolute atomic E-state index is 12.4. The molecule has 0 aliphatic carbocycles. The Morgan fingerprint density at radius 1 is 1.24 bits per heavy atom. The highest BCUT2D eigenvalue weighted by molar-refractivity contribution is 7.89. The minimum Gasteiger partial charge on any atom is -0.326 e. The molecule has 1 heterocycles. The van der Waals surface area contributed by atoms with Crippen LogP contribution < -0.4 is 10.0 Å². The fraction of sp³-hybridized carbons (Fsp3) is 0.412. The summed E-state index contributed by atoms with van der Waals surface area (Å²) < 4.78 is 29.3. The standard InChI is InChI=1S/C17H24N4O3S/c1-12(11-21-14(3)9-13(2)20-21)10-18-25(23,24)17-7-5-16(6-8-17)19-15(4)22/h5-9,12,18H,10-11H2,1-4H3,(H,19,22). The highest BCUT2D eigenvalue weighted by atomic mass is 32.2. The largest absolute Gasteiger partial charge is 0.326 e. The number of aromatic nitrogens is 2. The Kier molecular flexibility index (Phi) is 5.97. The van der Waals surface area contributed by atoms with Gasteiger partial charge in [-0.25, -0.2) is 13.1 Å². The number of amides is 1. The fourth-order valence-electron chi connectivity index (χ4n) is 2.48. The summed E-state index contributed by atoms with van der Waals surface area (Å²) >= 11 is 0. The molecule has 1 unspecified atom stereocenters. The van der Waals surface area contributed by atoms with Gasteiger partial charge < -0.3 is 5.32 Å². The highest BCUT2D eigenvalue weighted by Gasteiger charge is 2.16. The van der Waals surface area contributed by atoms with Gasteiger partial charge in [0.1, 0.15) is 0 Å². The molecule has 1 atom stereocenters. The average Bonchev–Trinajstić information content (AvgIpc) is 2.83. The van der Waals surface area contributed by atoms with Gasteiger partial charge in [-0.15, -0.1) is 0 Å². The number of benzene rings is 1. The van der Waals surface area contributed by atoms with E-state index in [9.17, 15) is 13.2 Å². The summed E-state index contributed by atoms with van der Waals surface area (Å²) in [7, 11) is -3.59. The third-order valence-electron chi connectivity index (χ3n) is 3.69. The second-order valence-electron chi connectivity index (χ2n) is 6.27. The average molecular weight is 364 g/mol. The van der Waals surface area contributed by atoms with E-state index in [1.54, 1.807) is 12.1 Å². The molecule has 7 nitrogen and oxygen atoms in total. The molecular weight excluding hydrogens is 340 g/mol. The maximum atomic E-state index is 12.4. The van der Waals surface area contributed by atoms with E-state index in [1.165, 1.54) is 19.1 Å². The Balaban J connectivity index is 1.96. The molecule has 0 spiro atoms. The molecule has 136 valence electrons. The number of nitrogens with one attached hydrogen (secondary N) is 2. The molecule has 1 aromatic heterocycles. The van der Waals surface area contributed by atoms with Crippen molar-refractivity contribution in [2.75, 3.05) is 11.9 Å². The molecule has 1 aromatic carbocycles. The first-order valence-corrected chi connectivity index (χ1v) is 9.54. The van der Waals surface area contributed by atoms with Crippen LogP contribution in [0.5, 0.6) is 0 Å². The molecule has 0 aliphatic heterocycles. The summed E-state index contributed by atoms with van der Waals surface area (Å²) in [6, 6.07) is 8.07. The lowest BCUT2D eigenvalue weighted by Crippen LogP contribution is -2.30. The molecule has 0 bridgehead atoms. The summed E-state index contributed by atoms with van der Waals surface area (Å²) in [5.74, 6) is -0.113. The Labute approximate surface area is 148 Å². The van der Waals surface area contributed by atoms with Crippen molar-refractivity contribution in [3.63, 3.8) is 0 Å². The number of aryl methyl sites for hydroxylation is 2. The molecule has 25 heavy (non-hydrogen) atoms. The first kappa shape index (κ1) is 19.1. The molecule has 0 saturated heterocycles. The molecule has 0 fully saturated rings. The van der Waals surface area contributed by atoms with E-state index in [0.717, 1.165) is 11.4 Å². The summed E-state index contributed by atoms with van der Waals surface area (Å²) in [4.78, 5) is 11.2. The van der Waals surface area contributed by atoms with Crippen molar-refractivity contribution in [2.45, 2.75) is 39.1 Å². The van der Waals surface area contributed by atoms with Gasteiger partial charge in [0, 0.05) is 31.4 Å². The number of rotatable bonds is 7. The van der Waals surface area contributed by atoms with Crippen molar-refractivity contribution in [1.29, 1.82) is 0 Å². The van der Waals surface area contributed by atoms with Crippen LogP contribution in [0.25, 0.3) is 0 Å². The van der Waals surface area contributed by atoms with Crippen LogP contribution in [-0.2, 0) is 21.4 Å². The van der Waals surface area contributed by atoms with Gasteiger partial charge in [-0.3, -0.25) is 9.48 Å². The zero-order chi connectivity index (χ0) is 18.6. The van der Waals surface area contributed by atoms with Gasteiger partial charge in [0.05, 0.1) is 10.6 Å². The molecule has 0 saturated carbocycles. The van der Waals surface area contributed by atoms with Gasteiger partial charge in [0.25, 0.3) is 0 Å². The number of anilines is 1. The van der Waals surface area contributed by atoms with Crippen molar-refractivity contribution >= 4 is 21.6 Å². The lowest BCUT2D eigenvalue weighted by Gasteiger charge is -2.14. The zero-order valence-corrected chi connectivity index (χ0v) is 15.7. The van der Waals surface area contributed by atoms with Crippen LogP contribution in [-0.4, -0.2) is 30.7 Å². The van der Waals surface area contributed by atoms with Crippen LogP contribution in [0.2, 0.25) is 0 Å². The highest BCUT2D eigenvalue weighted by Crippen LogP contribution is 2.14. The van der Waals surface area contributed by atoms with Gasteiger partial charge in [0.15, 0.2) is 0 Å². The molecule has 2 aromatic rings. The third kappa shape index (κ3) is 5.40. The summed E-state index contributed by atoms with van der Waals surface area (Å²) in [6.07, 6.45) is 0. The second kappa shape index (κ2) is 7.79. The zero-order valence-electron chi connectivity index (χ0n) is 14.9. The van der Waals surface area contributed by atoms with Crippen molar-refractivity contribution in [3.8, 4) is 0 Å². The van der Waals surface area contributed by atoms with Gasteiger partial charge >= 0.3 is 0 Å². The number of hydrogen-bond acceptors (Lipinski definition) is 4. The molecular formula is C17H24N4O3S. The smallest absolute Gasteiger partial charge is 0.240 e. The van der Waals surface area contributed by atoms with E-state index >= 15 is 0 Å². The summed E-state index contributed by atoms with van der Waals surface area (Å²) in [6.45, 7) is 8.24. The summed E-state index contributed by atoms with van der Waals surface area (Å²) in [5, 5.41) is 7.00. The van der Waals surface area contributed by atoms with Gasteiger partial charge in [-0.2, -0.15) is 5.10 Å². The van der Waals surface area contributed by atoms with Crippen LogP contribution >= 0.6 is 0 Å². The van der Waals surface area contributed by atoms with E-state index in [-0.39, 0.29) is 16.7 Å². The Morgan fingerprint density at radius 3 is 2.40 bits per heavy atom. The van der Waals surface area contributed by atoms with E-state index in [0.29, 0.717) is 18.8 Å². The van der Waals surface area contributed by atoms with Crippen LogP contribution in [0.1, 0.15) is 25.2 Å².